The fourth-order valence-corrected chi connectivity index (χ4v) is 1.60. The summed E-state index contributed by atoms with van der Waals surface area (Å²) in [6.07, 6.45) is 0.411. The molecule has 1 rings (SSSR count). The summed E-state index contributed by atoms with van der Waals surface area (Å²) in [6.45, 7) is 0.215. The Morgan fingerprint density at radius 2 is 2.00 bits per heavy atom. The average Bonchev–Trinajstić information content (AvgIpc) is 2.42. The van der Waals surface area contributed by atoms with Gasteiger partial charge in [0, 0.05) is 20.0 Å². The van der Waals surface area contributed by atoms with E-state index in [9.17, 15) is 19.8 Å². The van der Waals surface area contributed by atoms with Gasteiger partial charge in [0.25, 0.3) is 0 Å². The van der Waals surface area contributed by atoms with Crippen molar-refractivity contribution in [3.63, 3.8) is 0 Å². The number of carbonyl (C=O) groups excluding carboxylic acids is 2. The number of hydrogen-bond donors (Lipinski definition) is 5. The van der Waals surface area contributed by atoms with Gasteiger partial charge in [-0.25, -0.2) is 0 Å². The lowest BCUT2D eigenvalue weighted by molar-refractivity contribution is -0.123. The second-order valence-corrected chi connectivity index (χ2v) is 4.35. The van der Waals surface area contributed by atoms with E-state index < -0.39 is 6.04 Å². The smallest absolute Gasteiger partial charge is 0.237 e. The minimum Gasteiger partial charge on any atom is -0.504 e. The quantitative estimate of drug-likeness (QED) is 0.437. The summed E-state index contributed by atoms with van der Waals surface area (Å²) < 4.78 is 0. The molecule has 2 amide bonds. The van der Waals surface area contributed by atoms with Gasteiger partial charge in [-0.05, 0) is 24.1 Å². The van der Waals surface area contributed by atoms with Crippen LogP contribution in [0.15, 0.2) is 18.2 Å². The Morgan fingerprint density at radius 1 is 1.30 bits per heavy atom. The van der Waals surface area contributed by atoms with Crippen LogP contribution < -0.4 is 16.4 Å². The van der Waals surface area contributed by atoms with Gasteiger partial charge in [0.1, 0.15) is 0 Å². The van der Waals surface area contributed by atoms with Crippen molar-refractivity contribution in [1.29, 1.82) is 0 Å². The molecule has 0 spiro atoms. The highest BCUT2D eigenvalue weighted by Crippen LogP contribution is 2.25. The van der Waals surface area contributed by atoms with Gasteiger partial charge in [-0.1, -0.05) is 6.07 Å². The zero-order valence-corrected chi connectivity index (χ0v) is 11.2. The van der Waals surface area contributed by atoms with Gasteiger partial charge >= 0.3 is 0 Å². The van der Waals surface area contributed by atoms with Crippen LogP contribution in [0.4, 0.5) is 0 Å². The number of hydrogen-bond acceptors (Lipinski definition) is 5. The molecule has 1 aromatic rings. The van der Waals surface area contributed by atoms with Gasteiger partial charge in [0.2, 0.25) is 11.8 Å². The predicted octanol–water partition coefficient (Wildman–Crippen LogP) is -0.780. The maximum absolute atomic E-state index is 11.7. The Kier molecular flexibility index (Phi) is 5.79. The van der Waals surface area contributed by atoms with E-state index in [4.69, 9.17) is 5.73 Å². The van der Waals surface area contributed by atoms with Crippen molar-refractivity contribution in [1.82, 2.24) is 10.6 Å². The number of phenolic OH excluding ortho intramolecular Hbond substituents is 2. The summed E-state index contributed by atoms with van der Waals surface area (Å²) in [4.78, 5) is 22.7. The molecule has 0 fully saturated rings. The Balaban J connectivity index is 2.45. The van der Waals surface area contributed by atoms with E-state index >= 15 is 0 Å². The fourth-order valence-electron chi connectivity index (χ4n) is 1.60. The molecular formula is C13H19N3O4. The Bertz CT molecular complexity index is 491. The van der Waals surface area contributed by atoms with E-state index in [1.54, 1.807) is 6.07 Å². The number of rotatable bonds is 6. The molecule has 7 heteroatoms. The lowest BCUT2D eigenvalue weighted by Crippen LogP contribution is -2.43. The van der Waals surface area contributed by atoms with Gasteiger partial charge in [0.05, 0.1) is 6.04 Å². The number of nitrogens with two attached hydrogens (primary N) is 1. The lowest BCUT2D eigenvalue weighted by Gasteiger charge is -2.12. The van der Waals surface area contributed by atoms with Gasteiger partial charge < -0.3 is 26.6 Å². The third kappa shape index (κ3) is 4.77. The molecule has 0 radical (unpaired) electrons. The third-order valence-electron chi connectivity index (χ3n) is 2.76. The van der Waals surface area contributed by atoms with Crippen molar-refractivity contribution in [3.8, 4) is 11.5 Å². The van der Waals surface area contributed by atoms with Crippen LogP contribution in [-0.2, 0) is 16.0 Å². The molecule has 20 heavy (non-hydrogen) atoms. The molecule has 0 saturated carbocycles. The van der Waals surface area contributed by atoms with Gasteiger partial charge in [-0.2, -0.15) is 0 Å². The summed E-state index contributed by atoms with van der Waals surface area (Å²) in [5.41, 5.74) is 6.36. The van der Waals surface area contributed by atoms with Crippen molar-refractivity contribution in [2.45, 2.75) is 18.9 Å². The molecule has 1 atom stereocenters. The zero-order chi connectivity index (χ0) is 15.1. The van der Waals surface area contributed by atoms with Crippen molar-refractivity contribution >= 4 is 11.8 Å². The highest BCUT2D eigenvalue weighted by atomic mass is 16.3. The van der Waals surface area contributed by atoms with Crippen molar-refractivity contribution in [2.75, 3.05) is 13.6 Å². The molecule has 0 aliphatic heterocycles. The van der Waals surface area contributed by atoms with Crippen LogP contribution in [0.25, 0.3) is 0 Å². The first kappa shape index (κ1) is 15.8. The fraction of sp³-hybridized carbons (Fsp3) is 0.385. The van der Waals surface area contributed by atoms with Crippen molar-refractivity contribution in [3.05, 3.63) is 23.8 Å². The molecule has 0 heterocycles. The van der Waals surface area contributed by atoms with Gasteiger partial charge in [-0.3, -0.25) is 9.59 Å². The molecule has 0 aliphatic rings. The third-order valence-corrected chi connectivity index (χ3v) is 2.76. The van der Waals surface area contributed by atoms with E-state index in [2.05, 4.69) is 10.6 Å². The van der Waals surface area contributed by atoms with E-state index in [1.165, 1.54) is 19.2 Å². The maximum Gasteiger partial charge on any atom is 0.237 e. The van der Waals surface area contributed by atoms with Crippen LogP contribution in [0.2, 0.25) is 0 Å². The molecule has 1 aromatic carbocycles. The number of carbonyl (C=O) groups is 2. The van der Waals surface area contributed by atoms with Crippen molar-refractivity contribution in [2.24, 2.45) is 5.73 Å². The topological polar surface area (TPSA) is 125 Å². The van der Waals surface area contributed by atoms with E-state index in [0.717, 1.165) is 0 Å². The number of nitrogens with one attached hydrogen (secondary N) is 2. The molecule has 6 N–H and O–H groups in total. The van der Waals surface area contributed by atoms with Crippen LogP contribution in [0.1, 0.15) is 12.0 Å². The van der Waals surface area contributed by atoms with Gasteiger partial charge in [0.15, 0.2) is 11.5 Å². The summed E-state index contributed by atoms with van der Waals surface area (Å²) in [7, 11) is 1.52. The van der Waals surface area contributed by atoms with Crippen LogP contribution in [0.5, 0.6) is 11.5 Å². The Hall–Kier alpha value is -2.28. The largest absolute Gasteiger partial charge is 0.504 e. The number of benzene rings is 1. The number of phenols is 2. The standard InChI is InChI=1S/C13H19N3O4/c1-15-12(19)4-5-16-13(20)9(14)6-8-2-3-10(17)11(18)7-8/h2-3,7,9,17-18H,4-6,14H2,1H3,(H,15,19)(H,16,20)/t9-/m0/s1. The van der Waals surface area contributed by atoms with Crippen molar-refractivity contribution < 1.29 is 19.8 Å². The highest BCUT2D eigenvalue weighted by molar-refractivity contribution is 5.82. The van der Waals surface area contributed by atoms with E-state index in [-0.39, 0.29) is 42.7 Å². The molecule has 0 unspecified atom stereocenters. The lowest BCUT2D eigenvalue weighted by atomic mass is 10.1. The van der Waals surface area contributed by atoms with Crippen LogP contribution in [-0.4, -0.2) is 41.7 Å². The molecule has 110 valence electrons. The monoisotopic (exact) mass is 281 g/mol. The second-order valence-electron chi connectivity index (χ2n) is 4.35. The molecule has 0 aliphatic carbocycles. The maximum atomic E-state index is 11.7. The summed E-state index contributed by atoms with van der Waals surface area (Å²) >= 11 is 0. The summed E-state index contributed by atoms with van der Waals surface area (Å²) in [5.74, 6) is -1.02. The van der Waals surface area contributed by atoms with Crippen LogP contribution in [0, 0.1) is 0 Å². The second kappa shape index (κ2) is 7.34. The van der Waals surface area contributed by atoms with E-state index in [1.807, 2.05) is 0 Å². The first-order valence-electron chi connectivity index (χ1n) is 6.18. The highest BCUT2D eigenvalue weighted by Gasteiger charge is 2.14. The SMILES string of the molecule is CNC(=O)CCNC(=O)[C@@H](N)Cc1ccc(O)c(O)c1. The average molecular weight is 281 g/mol. The summed E-state index contributed by atoms with van der Waals surface area (Å²) in [6, 6.07) is 3.48. The minimum atomic E-state index is -0.788. The molecule has 0 aromatic heterocycles. The van der Waals surface area contributed by atoms with E-state index in [0.29, 0.717) is 5.56 Å². The molecule has 0 saturated heterocycles. The normalized spacial score (nSPS) is 11.7. The molecule has 0 bridgehead atoms. The summed E-state index contributed by atoms with van der Waals surface area (Å²) in [5, 5.41) is 23.5. The first-order valence-corrected chi connectivity index (χ1v) is 6.18. The predicted molar refractivity (Wildman–Crippen MR) is 73.1 cm³/mol. The molecule has 7 nitrogen and oxygen atoms in total. The minimum absolute atomic E-state index is 0.165. The molecular weight excluding hydrogens is 262 g/mol. The Morgan fingerprint density at radius 3 is 2.60 bits per heavy atom. The number of amides is 2. The number of aromatic hydroxyl groups is 2. The zero-order valence-electron chi connectivity index (χ0n) is 11.2. The van der Waals surface area contributed by atoms with Crippen LogP contribution in [0.3, 0.4) is 0 Å². The van der Waals surface area contributed by atoms with Gasteiger partial charge in [-0.15, -0.1) is 0 Å². The Labute approximate surface area is 116 Å². The van der Waals surface area contributed by atoms with Crippen LogP contribution >= 0.6 is 0 Å². The first-order chi connectivity index (χ1) is 9.43.